The minimum absolute atomic E-state index is 0.286. The van der Waals surface area contributed by atoms with E-state index in [1.54, 1.807) is 14.2 Å². The highest BCUT2D eigenvalue weighted by atomic mass is 128. The molecule has 0 rings (SSSR count). The zero-order valence-electron chi connectivity index (χ0n) is 19.2. The van der Waals surface area contributed by atoms with Crippen LogP contribution in [-0.4, -0.2) is 34.1 Å². The van der Waals surface area contributed by atoms with Crippen molar-refractivity contribution in [3.05, 3.63) is 83.1 Å². The fraction of sp³-hybridized carbons (Fsp3) is 0.333. The van der Waals surface area contributed by atoms with Crippen LogP contribution in [0.2, 0.25) is 0 Å². The van der Waals surface area contributed by atoms with Gasteiger partial charge < -0.3 is 19.1 Å². The van der Waals surface area contributed by atoms with Crippen LogP contribution in [0.3, 0.4) is 0 Å². The smallest absolute Gasteiger partial charge is 0.179 e. The van der Waals surface area contributed by atoms with Crippen molar-refractivity contribution in [2.45, 2.75) is 40.9 Å². The lowest BCUT2D eigenvalue weighted by atomic mass is 10.2. The summed E-state index contributed by atoms with van der Waals surface area (Å²) in [6.45, 7) is 14.3. The Morgan fingerprint density at radius 1 is 0.667 bits per heavy atom. The minimum atomic E-state index is -0.286. The standard InChI is InChI=1S/C22H32O2.2CH2O.I2/c1-18(2)12-10-15-19(3)13-8-9-14-20(4)16-11-17-21(5)22(23-6)24-7;3*1-2/h8-17,22H,1-7H3;2*1H2;/b9-8+,15-10+,16-11+,19-13+,20-14+,21-17+;;;. The molecule has 0 unspecified atom stereocenters. The molecule has 0 bridgehead atoms. The second-order valence-corrected chi connectivity index (χ2v) is 5.88. The molecule has 0 aliphatic heterocycles. The first-order valence-electron chi connectivity index (χ1n) is 8.86. The molecular weight excluding hydrogens is 606 g/mol. The number of carbonyl (C=O) groups excluding carboxylic acids is 2. The van der Waals surface area contributed by atoms with Gasteiger partial charge in [-0.3, -0.25) is 0 Å². The predicted molar refractivity (Wildman–Crippen MR) is 148 cm³/mol. The monoisotopic (exact) mass is 642 g/mol. The predicted octanol–water partition coefficient (Wildman–Crippen LogP) is 7.48. The van der Waals surface area contributed by atoms with E-state index in [0.29, 0.717) is 0 Å². The van der Waals surface area contributed by atoms with Crippen LogP contribution in [0.1, 0.15) is 34.6 Å². The summed E-state index contributed by atoms with van der Waals surface area (Å²) in [5.41, 5.74) is 4.72. The Hall–Kier alpha value is -1.10. The van der Waals surface area contributed by atoms with Crippen LogP contribution in [0.25, 0.3) is 0 Å². The Balaban J connectivity index is -0.000000512. The number of rotatable bonds is 9. The maximum absolute atomic E-state index is 8.00. The van der Waals surface area contributed by atoms with Crippen LogP contribution < -0.4 is 0 Å². The fourth-order valence-corrected chi connectivity index (χ4v) is 1.82. The number of hydrogen-bond acceptors (Lipinski definition) is 4. The molecule has 0 fully saturated rings. The van der Waals surface area contributed by atoms with Crippen molar-refractivity contribution in [3.63, 3.8) is 0 Å². The van der Waals surface area contributed by atoms with Crippen molar-refractivity contribution in [1.29, 1.82) is 0 Å². The Morgan fingerprint density at radius 2 is 1.03 bits per heavy atom. The first kappa shape index (κ1) is 36.3. The highest BCUT2D eigenvalue weighted by molar-refractivity contribution is 15.0. The molecule has 0 aliphatic rings. The molecule has 0 spiro atoms. The SMILES string of the molecule is C=O.C=O.COC(OC)/C(C)=C/C=C/C(C)=C/C=C/C=C(C)/C=C/C=C(C)C.II. The number of methoxy groups -OCH3 is 2. The van der Waals surface area contributed by atoms with E-state index in [-0.39, 0.29) is 6.29 Å². The molecule has 0 heterocycles. The van der Waals surface area contributed by atoms with E-state index in [1.807, 2.05) is 44.8 Å². The summed E-state index contributed by atoms with van der Waals surface area (Å²) in [5.74, 6) is 0. The Kier molecular flexibility index (Phi) is 36.4. The van der Waals surface area contributed by atoms with Gasteiger partial charge in [0.15, 0.2) is 6.29 Å². The minimum Gasteiger partial charge on any atom is -0.352 e. The Bertz CT molecular complexity index is 603. The molecule has 0 radical (unpaired) electrons. The molecule has 0 saturated heterocycles. The summed E-state index contributed by atoms with van der Waals surface area (Å²) in [6.07, 6.45) is 20.3. The van der Waals surface area contributed by atoms with Crippen LogP contribution in [0.15, 0.2) is 83.1 Å². The maximum atomic E-state index is 8.00. The van der Waals surface area contributed by atoms with E-state index in [4.69, 9.17) is 19.1 Å². The molecule has 0 amide bonds. The Labute approximate surface area is 206 Å². The molecular formula is C24H36I2O4. The van der Waals surface area contributed by atoms with Gasteiger partial charge in [-0.1, -0.05) is 77.5 Å². The largest absolute Gasteiger partial charge is 0.352 e. The quantitative estimate of drug-likeness (QED) is 0.149. The number of ether oxygens (including phenoxy) is 2. The van der Waals surface area contributed by atoms with Gasteiger partial charge in [0.25, 0.3) is 0 Å². The molecule has 30 heavy (non-hydrogen) atoms. The van der Waals surface area contributed by atoms with Gasteiger partial charge in [-0.15, -0.1) is 0 Å². The third-order valence-corrected chi connectivity index (χ3v) is 3.14. The van der Waals surface area contributed by atoms with Crippen LogP contribution in [0.4, 0.5) is 0 Å². The lowest BCUT2D eigenvalue weighted by molar-refractivity contribution is -0.0987. The summed E-state index contributed by atoms with van der Waals surface area (Å²) >= 11 is 4.24. The van der Waals surface area contributed by atoms with Gasteiger partial charge in [0.05, 0.1) is 0 Å². The number of carbonyl (C=O) groups is 2. The van der Waals surface area contributed by atoms with Crippen molar-refractivity contribution in [1.82, 2.24) is 0 Å². The zero-order valence-corrected chi connectivity index (χ0v) is 23.5. The lowest BCUT2D eigenvalue weighted by Crippen LogP contribution is -2.13. The van der Waals surface area contributed by atoms with Gasteiger partial charge in [0.2, 0.25) is 0 Å². The molecule has 6 heteroatoms. The molecule has 0 atom stereocenters. The van der Waals surface area contributed by atoms with Crippen LogP contribution in [-0.2, 0) is 19.1 Å². The van der Waals surface area contributed by atoms with E-state index in [1.165, 1.54) is 16.7 Å². The van der Waals surface area contributed by atoms with Gasteiger partial charge >= 0.3 is 0 Å². The summed E-state index contributed by atoms with van der Waals surface area (Å²) in [4.78, 5) is 16.0. The van der Waals surface area contributed by atoms with Crippen molar-refractivity contribution in [3.8, 4) is 0 Å². The van der Waals surface area contributed by atoms with E-state index < -0.39 is 0 Å². The molecule has 0 aromatic rings. The van der Waals surface area contributed by atoms with Gasteiger partial charge in [-0.2, -0.15) is 0 Å². The average Bonchev–Trinajstić information content (AvgIpc) is 2.76. The maximum Gasteiger partial charge on any atom is 0.179 e. The third-order valence-electron chi connectivity index (χ3n) is 3.14. The highest BCUT2D eigenvalue weighted by Gasteiger charge is 2.04. The van der Waals surface area contributed by atoms with E-state index in [2.05, 4.69) is 101 Å². The van der Waals surface area contributed by atoms with Crippen molar-refractivity contribution in [2.24, 2.45) is 0 Å². The summed E-state index contributed by atoms with van der Waals surface area (Å²) in [5, 5.41) is 0. The molecule has 4 nitrogen and oxygen atoms in total. The summed E-state index contributed by atoms with van der Waals surface area (Å²) in [7, 11) is 3.27. The average molecular weight is 642 g/mol. The first-order chi connectivity index (χ1) is 14.4. The molecule has 0 N–H and O–H groups in total. The van der Waals surface area contributed by atoms with E-state index in [9.17, 15) is 0 Å². The molecule has 0 aromatic heterocycles. The normalized spacial score (nSPS) is 12.1. The number of allylic oxidation sites excluding steroid dienone is 13. The highest BCUT2D eigenvalue weighted by Crippen LogP contribution is 2.07. The first-order valence-corrected chi connectivity index (χ1v) is 15.1. The molecule has 0 aliphatic carbocycles. The van der Waals surface area contributed by atoms with Gasteiger partial charge in [-0.25, -0.2) is 0 Å². The third kappa shape index (κ3) is 26.9. The van der Waals surface area contributed by atoms with Crippen LogP contribution >= 0.6 is 37.2 Å². The summed E-state index contributed by atoms with van der Waals surface area (Å²) < 4.78 is 10.4. The molecule has 170 valence electrons. The molecule has 0 saturated carbocycles. The summed E-state index contributed by atoms with van der Waals surface area (Å²) in [6, 6.07) is 0. The second-order valence-electron chi connectivity index (χ2n) is 5.88. The number of halogens is 2. The number of hydrogen-bond donors (Lipinski definition) is 0. The van der Waals surface area contributed by atoms with Crippen molar-refractivity contribution in [2.75, 3.05) is 14.2 Å². The van der Waals surface area contributed by atoms with Crippen LogP contribution in [0, 0.1) is 0 Å². The van der Waals surface area contributed by atoms with E-state index in [0.717, 1.165) is 5.57 Å². The van der Waals surface area contributed by atoms with Crippen molar-refractivity contribution >= 4 is 50.8 Å². The van der Waals surface area contributed by atoms with Gasteiger partial charge in [-0.05, 0) is 40.2 Å². The van der Waals surface area contributed by atoms with E-state index >= 15 is 0 Å². The zero-order chi connectivity index (χ0) is 24.4. The molecule has 0 aromatic carbocycles. The fourth-order valence-electron chi connectivity index (χ4n) is 1.82. The van der Waals surface area contributed by atoms with Gasteiger partial charge in [0.1, 0.15) is 13.6 Å². The lowest BCUT2D eigenvalue weighted by Gasteiger charge is -2.12. The van der Waals surface area contributed by atoms with Crippen LogP contribution in [0.5, 0.6) is 0 Å². The van der Waals surface area contributed by atoms with Gasteiger partial charge in [0, 0.05) is 51.5 Å². The second kappa shape index (κ2) is 30.1. The van der Waals surface area contributed by atoms with Crippen molar-refractivity contribution < 1.29 is 19.1 Å². The Morgan fingerprint density at radius 3 is 1.37 bits per heavy atom. The topological polar surface area (TPSA) is 52.6 Å².